The van der Waals surface area contributed by atoms with E-state index in [1.807, 2.05) is 18.2 Å². The maximum atomic E-state index is 11.7. The Morgan fingerprint density at radius 2 is 1.16 bits per heavy atom. The van der Waals surface area contributed by atoms with Gasteiger partial charge in [-0.1, -0.05) is 172 Å². The van der Waals surface area contributed by atoms with Crippen LogP contribution in [0.5, 0.6) is 5.75 Å². The molecule has 7 aromatic rings. The predicted molar refractivity (Wildman–Crippen MR) is 229 cm³/mol. The van der Waals surface area contributed by atoms with E-state index in [-0.39, 0.29) is 48.5 Å². The van der Waals surface area contributed by atoms with Gasteiger partial charge in [0.25, 0.3) is 0 Å². The minimum atomic E-state index is -0.283. The van der Waals surface area contributed by atoms with Gasteiger partial charge in [-0.3, -0.25) is 4.98 Å². The molecule has 0 unspecified atom stereocenters. The Labute approximate surface area is 347 Å². The van der Waals surface area contributed by atoms with Crippen molar-refractivity contribution >= 4 is 11.1 Å². The molecule has 2 heterocycles. The molecule has 5 heteroatoms. The Hall–Kier alpha value is -4.79. The van der Waals surface area contributed by atoms with E-state index in [0.29, 0.717) is 17.0 Å². The first-order valence-electron chi connectivity index (χ1n) is 19.3. The van der Waals surface area contributed by atoms with Crippen LogP contribution >= 0.6 is 0 Å². The monoisotopic (exact) mass is 920 g/mol. The van der Waals surface area contributed by atoms with Gasteiger partial charge in [0, 0.05) is 43.9 Å². The van der Waals surface area contributed by atoms with E-state index < -0.39 is 0 Å². The number of rotatable bonds is 6. The number of fused-ring (bicyclic) bond motifs is 1. The van der Waals surface area contributed by atoms with E-state index in [9.17, 15) is 5.11 Å². The number of para-hydroxylation sites is 1. The van der Waals surface area contributed by atoms with Crippen LogP contribution in [-0.2, 0) is 42.7 Å². The van der Waals surface area contributed by atoms with E-state index in [1.165, 1.54) is 11.1 Å². The van der Waals surface area contributed by atoms with E-state index in [0.717, 1.165) is 55.7 Å². The van der Waals surface area contributed by atoms with Gasteiger partial charge in [-0.2, -0.15) is 0 Å². The van der Waals surface area contributed by atoms with Crippen molar-refractivity contribution in [2.45, 2.75) is 97.8 Å². The molecule has 0 aliphatic rings. The van der Waals surface area contributed by atoms with Crippen LogP contribution in [0.2, 0.25) is 0 Å². The number of nitrogens with zero attached hydrogens (tertiary/aromatic N) is 2. The fourth-order valence-corrected chi connectivity index (χ4v) is 7.34. The van der Waals surface area contributed by atoms with E-state index in [1.54, 1.807) is 0 Å². The van der Waals surface area contributed by atoms with E-state index in [4.69, 9.17) is 14.4 Å². The molecule has 5 aromatic carbocycles. The average molecular weight is 921 g/mol. The van der Waals surface area contributed by atoms with E-state index >= 15 is 0 Å². The van der Waals surface area contributed by atoms with Crippen LogP contribution in [0.3, 0.4) is 0 Å². The molecule has 0 saturated heterocycles. The summed E-state index contributed by atoms with van der Waals surface area (Å²) in [7, 11) is 0. The van der Waals surface area contributed by atoms with Gasteiger partial charge in [0.2, 0.25) is 5.89 Å². The Bertz CT molecular complexity index is 2510. The van der Waals surface area contributed by atoms with Crippen molar-refractivity contribution < 1.29 is 30.6 Å². The molecule has 290 valence electrons. The first-order chi connectivity index (χ1) is 25.8. The van der Waals surface area contributed by atoms with Gasteiger partial charge in [-0.25, -0.2) is 4.98 Å². The second kappa shape index (κ2) is 14.9. The fraction of sp³-hybridized carbons (Fsp3) is 0.294. The molecule has 1 N–H and O–H groups in total. The summed E-state index contributed by atoms with van der Waals surface area (Å²) in [5.41, 5.74) is 12.5. The molecular formula is C51H53N2O2Pt-. The minimum Gasteiger partial charge on any atom is -0.507 e. The number of oxazole rings is 1. The van der Waals surface area contributed by atoms with Gasteiger partial charge >= 0.3 is 0 Å². The Balaban J connectivity index is 0.00000532. The zero-order valence-corrected chi connectivity index (χ0v) is 36.8. The van der Waals surface area contributed by atoms with Gasteiger partial charge in [0.05, 0.1) is 11.1 Å². The third-order valence-corrected chi connectivity index (χ3v) is 10.9. The molecule has 56 heavy (non-hydrogen) atoms. The van der Waals surface area contributed by atoms with Gasteiger partial charge in [-0.05, 0) is 56.2 Å². The summed E-state index contributed by atoms with van der Waals surface area (Å²) in [4.78, 5) is 10.3. The van der Waals surface area contributed by atoms with Crippen molar-refractivity contribution in [3.8, 4) is 50.7 Å². The summed E-state index contributed by atoms with van der Waals surface area (Å²) in [5, 5.41) is 11.7. The molecule has 4 nitrogen and oxygen atoms in total. The van der Waals surface area contributed by atoms with Crippen LogP contribution in [0.1, 0.15) is 104 Å². The van der Waals surface area contributed by atoms with Crippen LogP contribution in [-0.4, -0.2) is 15.1 Å². The van der Waals surface area contributed by atoms with Crippen LogP contribution in [0.25, 0.3) is 56.1 Å². The number of aromatic nitrogens is 2. The number of benzene rings is 5. The number of pyridine rings is 1. The summed E-state index contributed by atoms with van der Waals surface area (Å²) in [5.74, 6) is 0.603. The molecule has 0 saturated carbocycles. The van der Waals surface area contributed by atoms with Crippen molar-refractivity contribution in [2.24, 2.45) is 0 Å². The Morgan fingerprint density at radius 3 is 1.79 bits per heavy atom. The quantitative estimate of drug-likeness (QED) is 0.169. The third-order valence-electron chi connectivity index (χ3n) is 10.9. The molecular weight excluding hydrogens is 868 g/mol. The molecule has 0 fully saturated rings. The molecule has 0 aliphatic carbocycles. The summed E-state index contributed by atoms with van der Waals surface area (Å²) >= 11 is 0. The summed E-state index contributed by atoms with van der Waals surface area (Å²) in [6, 6.07) is 41.8. The molecule has 0 bridgehead atoms. The maximum Gasteiger partial charge on any atom is 0.230 e. The smallest absolute Gasteiger partial charge is 0.230 e. The number of phenolic OH excluding ortho intramolecular Hbond substituents is 1. The van der Waals surface area contributed by atoms with Crippen molar-refractivity contribution in [1.82, 2.24) is 9.97 Å². The second-order valence-electron chi connectivity index (χ2n) is 18.5. The zero-order chi connectivity index (χ0) is 39.5. The summed E-state index contributed by atoms with van der Waals surface area (Å²) in [6.07, 6.45) is 2.05. The molecule has 0 atom stereocenters. The zero-order valence-electron chi connectivity index (χ0n) is 34.5. The molecule has 0 radical (unpaired) electrons. The average Bonchev–Trinajstić information content (AvgIpc) is 3.58. The van der Waals surface area contributed by atoms with Gasteiger partial charge in [0.15, 0.2) is 0 Å². The molecule has 0 spiro atoms. The molecule has 0 aliphatic heterocycles. The largest absolute Gasteiger partial charge is 0.507 e. The van der Waals surface area contributed by atoms with Crippen molar-refractivity contribution in [3.63, 3.8) is 0 Å². The van der Waals surface area contributed by atoms with Crippen LogP contribution < -0.4 is 0 Å². The van der Waals surface area contributed by atoms with Crippen LogP contribution in [0.15, 0.2) is 120 Å². The first-order valence-corrected chi connectivity index (χ1v) is 19.3. The number of aromatic hydroxyl groups is 1. The van der Waals surface area contributed by atoms with Gasteiger partial charge in [0.1, 0.15) is 11.3 Å². The first kappa shape index (κ1) is 40.9. The van der Waals surface area contributed by atoms with Crippen molar-refractivity contribution in [1.29, 1.82) is 0 Å². The number of hydrogen-bond donors (Lipinski definition) is 1. The fourth-order valence-electron chi connectivity index (χ4n) is 7.34. The molecule has 2 aromatic heterocycles. The number of phenols is 1. The predicted octanol–water partition coefficient (Wildman–Crippen LogP) is 13.6. The second-order valence-corrected chi connectivity index (χ2v) is 18.5. The Kier molecular flexibility index (Phi) is 10.9. The van der Waals surface area contributed by atoms with Crippen LogP contribution in [0, 0.1) is 6.07 Å². The summed E-state index contributed by atoms with van der Waals surface area (Å²) in [6.45, 7) is 24.1. The van der Waals surface area contributed by atoms with Gasteiger partial charge < -0.3 is 9.52 Å². The standard InChI is InChI=1S/C51H53N2O2.Pt/c1-48(2,3)36-26-33(38-23-18-24-44-45(38)53-47(55-44)40-28-37(49(4,5)6)29-41(46(40)54)50(7,8)9)25-34(27-36)43-30-39(32-19-14-12-15-20-32)42(31-52-43)51(10,11)35-21-16-13-17-22-35;/h12-24,26-31,54H,1-11H3;/q-1;. The third kappa shape index (κ3) is 7.91. The number of hydrogen-bond acceptors (Lipinski definition) is 4. The van der Waals surface area contributed by atoms with E-state index in [2.05, 4.69) is 179 Å². The normalized spacial score (nSPS) is 12.5. The van der Waals surface area contributed by atoms with Crippen LogP contribution in [0.4, 0.5) is 0 Å². The Morgan fingerprint density at radius 1 is 0.554 bits per heavy atom. The minimum absolute atomic E-state index is 0. The summed E-state index contributed by atoms with van der Waals surface area (Å²) < 4.78 is 6.49. The maximum absolute atomic E-state index is 11.7. The molecule has 7 rings (SSSR count). The van der Waals surface area contributed by atoms with Gasteiger partial charge in [-0.15, -0.1) is 29.3 Å². The SMILES string of the molecule is CC(C)(C)c1cc(-c2cc(-c3ccccc3)c(C(C)(C)c3ccccc3)cn2)[c-]c(-c2cccc3oc(-c4cc(C(C)(C)C)cc(C(C)(C)C)c4O)nc23)c1.[Pt]. The van der Waals surface area contributed by atoms with Crippen molar-refractivity contribution in [3.05, 3.63) is 149 Å². The topological polar surface area (TPSA) is 59.2 Å². The van der Waals surface area contributed by atoms with Crippen molar-refractivity contribution in [2.75, 3.05) is 0 Å². The molecule has 0 amide bonds.